The first kappa shape index (κ1) is 17.4. The van der Waals surface area contributed by atoms with Crippen molar-refractivity contribution in [1.29, 1.82) is 0 Å². The van der Waals surface area contributed by atoms with Crippen LogP contribution in [0.25, 0.3) is 11.2 Å². The smallest absolute Gasteiger partial charge is 0.294 e. The number of nitrogens with zero attached hydrogens (tertiary/aromatic N) is 6. The van der Waals surface area contributed by atoms with Crippen molar-refractivity contribution in [2.45, 2.75) is 53.6 Å². The molecule has 1 aliphatic rings. The molecule has 136 valence electrons. The van der Waals surface area contributed by atoms with Crippen LogP contribution in [0.2, 0.25) is 0 Å². The second kappa shape index (κ2) is 6.16. The quantitative estimate of drug-likeness (QED) is 0.844. The van der Waals surface area contributed by atoms with Crippen LogP contribution in [0.3, 0.4) is 0 Å². The number of imidazole rings is 1. The van der Waals surface area contributed by atoms with E-state index in [0.717, 1.165) is 12.1 Å². The van der Waals surface area contributed by atoms with Gasteiger partial charge in [0.2, 0.25) is 5.95 Å². The third kappa shape index (κ3) is 2.60. The van der Waals surface area contributed by atoms with Gasteiger partial charge in [-0.15, -0.1) is 0 Å². The van der Waals surface area contributed by atoms with Gasteiger partial charge in [-0.3, -0.25) is 18.5 Å². The number of fused-ring (bicyclic) bond motifs is 3. The van der Waals surface area contributed by atoms with Gasteiger partial charge in [0.1, 0.15) is 0 Å². The second-order valence-corrected chi connectivity index (χ2v) is 7.07. The van der Waals surface area contributed by atoms with Crippen LogP contribution >= 0.6 is 0 Å². The van der Waals surface area contributed by atoms with Crippen molar-refractivity contribution < 1.29 is 0 Å². The molecule has 8 nitrogen and oxygen atoms in total. The molecule has 2 aromatic heterocycles. The van der Waals surface area contributed by atoms with Gasteiger partial charge in [0.05, 0.1) is 11.8 Å². The van der Waals surface area contributed by atoms with Crippen molar-refractivity contribution >= 4 is 22.8 Å². The Morgan fingerprint density at radius 2 is 1.92 bits per heavy atom. The summed E-state index contributed by atoms with van der Waals surface area (Å²) in [6, 6.07) is -0.0773. The zero-order valence-corrected chi connectivity index (χ0v) is 15.8. The van der Waals surface area contributed by atoms with Gasteiger partial charge >= 0.3 is 5.69 Å². The zero-order chi connectivity index (χ0) is 18.5. The van der Waals surface area contributed by atoms with Crippen LogP contribution in [0.4, 0.5) is 5.95 Å². The maximum Gasteiger partial charge on any atom is 0.332 e. The molecule has 0 amide bonds. The number of hydrogen-bond acceptors (Lipinski definition) is 5. The lowest BCUT2D eigenvalue weighted by molar-refractivity contribution is 0.487. The normalized spacial score (nSPS) is 17.3. The minimum Gasteiger partial charge on any atom is -0.294 e. The molecule has 25 heavy (non-hydrogen) atoms. The average Bonchev–Trinajstić information content (AvgIpc) is 2.97. The molecule has 0 N–H and O–H groups in total. The summed E-state index contributed by atoms with van der Waals surface area (Å²) in [7, 11) is 1.67. The predicted molar refractivity (Wildman–Crippen MR) is 99.5 cm³/mol. The maximum absolute atomic E-state index is 13.1. The first-order valence-electron chi connectivity index (χ1n) is 8.82. The minimum absolute atomic E-state index is 0.0773. The lowest BCUT2D eigenvalue weighted by Gasteiger charge is -2.28. The van der Waals surface area contributed by atoms with E-state index in [1.165, 1.54) is 9.13 Å². The average molecular weight is 346 g/mol. The standard InChI is InChI=1S/C17H26N6O2/c1-7-22-16-18-14-13(23(16)12(5)11(4)19-22)15(24)21(9-8-10(2)3)17(25)20(14)6/h10,12H,7-9H2,1-6H3/t12-/m1/s1. The van der Waals surface area contributed by atoms with Crippen molar-refractivity contribution in [2.24, 2.45) is 18.1 Å². The Balaban J connectivity index is 2.33. The zero-order valence-electron chi connectivity index (χ0n) is 15.8. The molecular weight excluding hydrogens is 320 g/mol. The van der Waals surface area contributed by atoms with Crippen LogP contribution < -0.4 is 16.3 Å². The molecule has 3 heterocycles. The van der Waals surface area contributed by atoms with E-state index in [2.05, 4.69) is 23.9 Å². The van der Waals surface area contributed by atoms with E-state index in [4.69, 9.17) is 0 Å². The largest absolute Gasteiger partial charge is 0.332 e. The molecule has 0 aromatic carbocycles. The molecule has 0 fully saturated rings. The molecule has 0 spiro atoms. The van der Waals surface area contributed by atoms with Crippen molar-refractivity contribution in [1.82, 2.24) is 18.7 Å². The van der Waals surface area contributed by atoms with Gasteiger partial charge in [-0.05, 0) is 33.1 Å². The van der Waals surface area contributed by atoms with Crippen LogP contribution in [-0.4, -0.2) is 30.9 Å². The third-order valence-electron chi connectivity index (χ3n) is 4.89. The summed E-state index contributed by atoms with van der Waals surface area (Å²) in [4.78, 5) is 30.4. The molecule has 0 saturated heterocycles. The van der Waals surface area contributed by atoms with Gasteiger partial charge in [-0.1, -0.05) is 13.8 Å². The van der Waals surface area contributed by atoms with Gasteiger partial charge in [0, 0.05) is 20.1 Å². The highest BCUT2D eigenvalue weighted by Crippen LogP contribution is 2.29. The van der Waals surface area contributed by atoms with Crippen molar-refractivity contribution in [3.8, 4) is 0 Å². The SMILES string of the molecule is CCN1N=C(C)[C@@H](C)n2c1nc1c2c(=O)n(CCC(C)C)c(=O)n1C. The fraction of sp³-hybridized carbons (Fsp3) is 0.647. The summed E-state index contributed by atoms with van der Waals surface area (Å²) < 4.78 is 4.72. The lowest BCUT2D eigenvalue weighted by Crippen LogP contribution is -2.40. The molecule has 8 heteroatoms. The van der Waals surface area contributed by atoms with Gasteiger partial charge in [-0.25, -0.2) is 9.80 Å². The lowest BCUT2D eigenvalue weighted by atomic mass is 10.1. The van der Waals surface area contributed by atoms with E-state index in [0.29, 0.717) is 36.1 Å². The Kier molecular flexibility index (Phi) is 4.30. The molecule has 0 aliphatic carbocycles. The summed E-state index contributed by atoms with van der Waals surface area (Å²) in [5, 5.41) is 6.33. The third-order valence-corrected chi connectivity index (χ3v) is 4.89. The minimum atomic E-state index is -0.318. The molecule has 0 radical (unpaired) electrons. The van der Waals surface area contributed by atoms with E-state index in [1.807, 2.05) is 25.3 Å². The topological polar surface area (TPSA) is 77.4 Å². The Bertz CT molecular complexity index is 962. The highest BCUT2D eigenvalue weighted by molar-refractivity contribution is 5.90. The summed E-state index contributed by atoms with van der Waals surface area (Å²) >= 11 is 0. The number of aromatic nitrogens is 4. The van der Waals surface area contributed by atoms with Crippen molar-refractivity contribution in [3.63, 3.8) is 0 Å². The predicted octanol–water partition coefficient (Wildman–Crippen LogP) is 1.72. The van der Waals surface area contributed by atoms with E-state index in [-0.39, 0.29) is 17.3 Å². The Morgan fingerprint density at radius 3 is 2.52 bits per heavy atom. The fourth-order valence-electron chi connectivity index (χ4n) is 3.18. The number of rotatable bonds is 4. The highest BCUT2D eigenvalue weighted by atomic mass is 16.2. The van der Waals surface area contributed by atoms with Gasteiger partial charge in [-0.2, -0.15) is 10.1 Å². The number of aryl methyl sites for hydroxylation is 1. The van der Waals surface area contributed by atoms with E-state index in [1.54, 1.807) is 12.1 Å². The van der Waals surface area contributed by atoms with Gasteiger partial charge in [0.15, 0.2) is 11.2 Å². The summed E-state index contributed by atoms with van der Waals surface area (Å²) in [6.07, 6.45) is 0.777. The Morgan fingerprint density at radius 1 is 1.24 bits per heavy atom. The van der Waals surface area contributed by atoms with Gasteiger partial charge in [0.25, 0.3) is 5.56 Å². The molecular formula is C17H26N6O2. The number of hydrazone groups is 1. The van der Waals surface area contributed by atoms with Crippen LogP contribution in [-0.2, 0) is 13.6 Å². The van der Waals surface area contributed by atoms with Crippen LogP contribution in [0.5, 0.6) is 0 Å². The molecule has 2 aromatic rings. The Hall–Kier alpha value is -2.38. The fourth-order valence-corrected chi connectivity index (χ4v) is 3.18. The van der Waals surface area contributed by atoms with E-state index < -0.39 is 0 Å². The summed E-state index contributed by atoms with van der Waals surface area (Å²) in [6.45, 7) is 11.1. The van der Waals surface area contributed by atoms with Crippen LogP contribution in [0.15, 0.2) is 14.7 Å². The summed E-state index contributed by atoms with van der Waals surface area (Å²) in [5.74, 6) is 1.03. The molecule has 0 bridgehead atoms. The molecule has 3 rings (SSSR count). The molecule has 1 atom stereocenters. The van der Waals surface area contributed by atoms with E-state index in [9.17, 15) is 9.59 Å². The number of hydrogen-bond donors (Lipinski definition) is 0. The first-order chi connectivity index (χ1) is 11.8. The summed E-state index contributed by atoms with van der Waals surface area (Å²) in [5.41, 5.74) is 1.22. The van der Waals surface area contributed by atoms with E-state index >= 15 is 0 Å². The Labute approximate surface area is 146 Å². The van der Waals surface area contributed by atoms with Crippen molar-refractivity contribution in [2.75, 3.05) is 11.6 Å². The molecule has 0 saturated carbocycles. The number of anilines is 1. The molecule has 1 aliphatic heterocycles. The highest BCUT2D eigenvalue weighted by Gasteiger charge is 2.29. The van der Waals surface area contributed by atoms with Crippen LogP contribution in [0, 0.1) is 5.92 Å². The monoisotopic (exact) mass is 346 g/mol. The molecule has 0 unspecified atom stereocenters. The van der Waals surface area contributed by atoms with Crippen molar-refractivity contribution in [3.05, 3.63) is 20.8 Å². The maximum atomic E-state index is 13.1. The van der Waals surface area contributed by atoms with Crippen LogP contribution in [0.1, 0.15) is 47.1 Å². The second-order valence-electron chi connectivity index (χ2n) is 7.07. The van der Waals surface area contributed by atoms with Gasteiger partial charge < -0.3 is 0 Å². The first-order valence-corrected chi connectivity index (χ1v) is 8.82.